The summed E-state index contributed by atoms with van der Waals surface area (Å²) in [7, 11) is 1.68. The predicted molar refractivity (Wildman–Crippen MR) is 124 cm³/mol. The van der Waals surface area contributed by atoms with E-state index in [1.165, 1.54) is 0 Å². The lowest BCUT2D eigenvalue weighted by atomic mass is 9.96. The molecular weight excluding hydrogens is 456 g/mol. The van der Waals surface area contributed by atoms with Crippen molar-refractivity contribution in [2.45, 2.75) is 25.6 Å². The fraction of sp³-hybridized carbons (Fsp3) is 0.240. The minimum Gasteiger partial charge on any atom is -0.496 e. The Morgan fingerprint density at radius 3 is 2.65 bits per heavy atom. The molecule has 2 aliphatic rings. The summed E-state index contributed by atoms with van der Waals surface area (Å²) < 4.78 is 18.7. The highest BCUT2D eigenvalue weighted by atomic mass is 79.9. The van der Waals surface area contributed by atoms with Crippen LogP contribution in [-0.4, -0.2) is 24.4 Å². The van der Waals surface area contributed by atoms with Crippen molar-refractivity contribution in [1.29, 1.82) is 0 Å². The Kier molecular flexibility index (Phi) is 5.32. The number of nitrogens with zero attached hydrogens (tertiary/aromatic N) is 2. The Bertz CT molecular complexity index is 1130. The standard InChI is InChI=1S/C25H23BrN2O3/c1-3-30-18-11-8-16(9-12-18)21-15-22-19-6-4-5-7-24(19)31-25(28(22)27-21)20-14-17(26)10-13-23(20)29-2/h4-14,22,25H,3,15H2,1-2H3. The molecule has 0 saturated carbocycles. The monoisotopic (exact) mass is 478 g/mol. The highest BCUT2D eigenvalue weighted by Crippen LogP contribution is 2.49. The van der Waals surface area contributed by atoms with Crippen molar-refractivity contribution in [2.24, 2.45) is 5.10 Å². The fourth-order valence-corrected chi connectivity index (χ4v) is 4.60. The lowest BCUT2D eigenvalue weighted by molar-refractivity contribution is -0.0203. The van der Waals surface area contributed by atoms with Crippen LogP contribution in [0.25, 0.3) is 0 Å². The minimum absolute atomic E-state index is 0.0974. The van der Waals surface area contributed by atoms with Gasteiger partial charge in [0.1, 0.15) is 17.2 Å². The summed E-state index contributed by atoms with van der Waals surface area (Å²) in [6.07, 6.45) is 0.425. The van der Waals surface area contributed by atoms with Crippen LogP contribution in [0.15, 0.2) is 76.3 Å². The van der Waals surface area contributed by atoms with Crippen LogP contribution in [0.3, 0.4) is 0 Å². The van der Waals surface area contributed by atoms with Gasteiger partial charge in [-0.25, -0.2) is 5.01 Å². The number of para-hydroxylation sites is 1. The van der Waals surface area contributed by atoms with Crippen LogP contribution in [0.2, 0.25) is 0 Å². The van der Waals surface area contributed by atoms with Gasteiger partial charge in [-0.3, -0.25) is 0 Å². The quantitative estimate of drug-likeness (QED) is 0.444. The van der Waals surface area contributed by atoms with E-state index in [-0.39, 0.29) is 12.3 Å². The minimum atomic E-state index is -0.382. The highest BCUT2D eigenvalue weighted by molar-refractivity contribution is 9.10. The zero-order valence-corrected chi connectivity index (χ0v) is 19.0. The largest absolute Gasteiger partial charge is 0.496 e. The summed E-state index contributed by atoms with van der Waals surface area (Å²) in [4.78, 5) is 0. The number of ether oxygens (including phenoxy) is 3. The maximum atomic E-state index is 6.46. The van der Waals surface area contributed by atoms with E-state index in [4.69, 9.17) is 19.3 Å². The molecule has 0 amide bonds. The Balaban J connectivity index is 1.57. The third kappa shape index (κ3) is 3.65. The van der Waals surface area contributed by atoms with Gasteiger partial charge in [0, 0.05) is 16.5 Å². The van der Waals surface area contributed by atoms with Crippen molar-refractivity contribution >= 4 is 21.6 Å². The van der Waals surface area contributed by atoms with E-state index in [0.717, 1.165) is 50.5 Å². The van der Waals surface area contributed by atoms with Gasteiger partial charge in [-0.1, -0.05) is 34.1 Å². The van der Waals surface area contributed by atoms with Gasteiger partial charge in [-0.2, -0.15) is 5.10 Å². The van der Waals surface area contributed by atoms with Crippen LogP contribution < -0.4 is 14.2 Å². The number of hydrazone groups is 1. The number of benzene rings is 3. The summed E-state index contributed by atoms with van der Waals surface area (Å²) in [5.74, 6) is 2.53. The average Bonchev–Trinajstić information content (AvgIpc) is 3.25. The van der Waals surface area contributed by atoms with Crippen LogP contribution in [0.4, 0.5) is 0 Å². The first-order valence-corrected chi connectivity index (χ1v) is 11.1. The van der Waals surface area contributed by atoms with Crippen LogP contribution in [0.1, 0.15) is 42.3 Å². The second-order valence-electron chi connectivity index (χ2n) is 7.50. The molecule has 0 aliphatic carbocycles. The zero-order chi connectivity index (χ0) is 21.4. The van der Waals surface area contributed by atoms with Crippen molar-refractivity contribution in [3.63, 3.8) is 0 Å². The smallest absolute Gasteiger partial charge is 0.217 e. The average molecular weight is 479 g/mol. The predicted octanol–water partition coefficient (Wildman–Crippen LogP) is 6.10. The molecule has 2 heterocycles. The van der Waals surface area contributed by atoms with Crippen molar-refractivity contribution in [3.8, 4) is 17.2 Å². The molecule has 0 aromatic heterocycles. The molecule has 158 valence electrons. The number of fused-ring (bicyclic) bond motifs is 3. The van der Waals surface area contributed by atoms with Gasteiger partial charge < -0.3 is 14.2 Å². The molecular formula is C25H23BrN2O3. The van der Waals surface area contributed by atoms with Crippen molar-refractivity contribution < 1.29 is 14.2 Å². The van der Waals surface area contributed by atoms with E-state index in [1.54, 1.807) is 7.11 Å². The molecule has 0 fully saturated rings. The van der Waals surface area contributed by atoms with E-state index in [9.17, 15) is 0 Å². The Morgan fingerprint density at radius 1 is 1.06 bits per heavy atom. The molecule has 5 nitrogen and oxygen atoms in total. The maximum absolute atomic E-state index is 6.46. The number of hydrogen-bond acceptors (Lipinski definition) is 5. The van der Waals surface area contributed by atoms with Crippen molar-refractivity contribution in [1.82, 2.24) is 5.01 Å². The van der Waals surface area contributed by atoms with Gasteiger partial charge >= 0.3 is 0 Å². The Hall–Kier alpha value is -2.99. The van der Waals surface area contributed by atoms with Gasteiger partial charge in [0.15, 0.2) is 0 Å². The summed E-state index contributed by atoms with van der Waals surface area (Å²) in [5, 5.41) is 7.10. The normalized spacial score (nSPS) is 19.2. The van der Waals surface area contributed by atoms with Gasteiger partial charge in [0.2, 0.25) is 6.23 Å². The van der Waals surface area contributed by atoms with Crippen LogP contribution in [-0.2, 0) is 0 Å². The van der Waals surface area contributed by atoms with Gasteiger partial charge in [0.05, 0.1) is 31.0 Å². The molecule has 3 aromatic carbocycles. The number of methoxy groups -OCH3 is 1. The summed E-state index contributed by atoms with van der Waals surface area (Å²) in [6.45, 7) is 2.64. The van der Waals surface area contributed by atoms with Crippen LogP contribution in [0, 0.1) is 0 Å². The third-order valence-corrected chi connectivity index (χ3v) is 6.15. The fourth-order valence-electron chi connectivity index (χ4n) is 4.22. The van der Waals surface area contributed by atoms with E-state index in [1.807, 2.05) is 49.4 Å². The molecule has 0 bridgehead atoms. The molecule has 3 aromatic rings. The number of rotatable bonds is 5. The number of halogens is 1. The topological polar surface area (TPSA) is 43.3 Å². The molecule has 2 aliphatic heterocycles. The Morgan fingerprint density at radius 2 is 1.87 bits per heavy atom. The van der Waals surface area contributed by atoms with Gasteiger partial charge in [-0.15, -0.1) is 0 Å². The molecule has 6 heteroatoms. The lowest BCUT2D eigenvalue weighted by Gasteiger charge is -2.38. The molecule has 0 N–H and O–H groups in total. The molecule has 0 saturated heterocycles. The first-order valence-electron chi connectivity index (χ1n) is 10.4. The molecule has 0 spiro atoms. The summed E-state index contributed by atoms with van der Waals surface area (Å²) >= 11 is 3.59. The van der Waals surface area contributed by atoms with E-state index >= 15 is 0 Å². The Labute approximate surface area is 190 Å². The van der Waals surface area contributed by atoms with E-state index < -0.39 is 0 Å². The SMILES string of the molecule is CCOc1ccc(C2=NN3C(C2)c2ccccc2OC3c2cc(Br)ccc2OC)cc1. The van der Waals surface area contributed by atoms with Gasteiger partial charge in [0.25, 0.3) is 0 Å². The highest BCUT2D eigenvalue weighted by Gasteiger charge is 2.41. The van der Waals surface area contributed by atoms with E-state index in [2.05, 4.69) is 45.2 Å². The molecule has 31 heavy (non-hydrogen) atoms. The van der Waals surface area contributed by atoms with Crippen LogP contribution >= 0.6 is 15.9 Å². The van der Waals surface area contributed by atoms with Crippen molar-refractivity contribution in [2.75, 3.05) is 13.7 Å². The second kappa shape index (κ2) is 8.27. The molecule has 5 rings (SSSR count). The lowest BCUT2D eigenvalue weighted by Crippen LogP contribution is -2.33. The van der Waals surface area contributed by atoms with Crippen molar-refractivity contribution in [3.05, 3.63) is 87.9 Å². The first-order chi connectivity index (χ1) is 15.2. The second-order valence-corrected chi connectivity index (χ2v) is 8.41. The zero-order valence-electron chi connectivity index (χ0n) is 17.4. The molecule has 0 radical (unpaired) electrons. The summed E-state index contributed by atoms with van der Waals surface area (Å²) in [5.41, 5.74) is 4.22. The summed E-state index contributed by atoms with van der Waals surface area (Å²) in [6, 6.07) is 22.4. The van der Waals surface area contributed by atoms with Gasteiger partial charge in [-0.05, 0) is 61.0 Å². The van der Waals surface area contributed by atoms with Crippen LogP contribution in [0.5, 0.6) is 17.2 Å². The third-order valence-electron chi connectivity index (χ3n) is 5.66. The molecule has 2 unspecified atom stereocenters. The first kappa shape index (κ1) is 19.9. The molecule has 2 atom stereocenters. The number of hydrogen-bond donors (Lipinski definition) is 0. The maximum Gasteiger partial charge on any atom is 0.217 e. The van der Waals surface area contributed by atoms with E-state index in [0.29, 0.717) is 6.61 Å².